The van der Waals surface area contributed by atoms with E-state index >= 15 is 0 Å². The Balaban J connectivity index is 2.09. The lowest BCUT2D eigenvalue weighted by Gasteiger charge is -2.19. The van der Waals surface area contributed by atoms with Crippen LogP contribution < -0.4 is 5.32 Å². The van der Waals surface area contributed by atoms with Crippen LogP contribution in [0.15, 0.2) is 36.8 Å². The summed E-state index contributed by atoms with van der Waals surface area (Å²) in [5.74, 6) is -0.398. The molecule has 0 aromatic carbocycles. The van der Waals surface area contributed by atoms with E-state index in [0.29, 0.717) is 18.6 Å². The molecule has 2 heterocycles. The molecule has 144 valence electrons. The first kappa shape index (κ1) is 20.4. The number of hydrogen-bond acceptors (Lipinski definition) is 6. The van der Waals surface area contributed by atoms with Crippen LogP contribution in [0.25, 0.3) is 0 Å². The summed E-state index contributed by atoms with van der Waals surface area (Å²) < 4.78 is 10.3. The van der Waals surface area contributed by atoms with Crippen molar-refractivity contribution in [1.82, 2.24) is 15.3 Å². The molecule has 2 rings (SSSR count). The molecule has 0 unspecified atom stereocenters. The second kappa shape index (κ2) is 9.12. The molecule has 0 radical (unpaired) electrons. The summed E-state index contributed by atoms with van der Waals surface area (Å²) in [5, 5.41) is 2.71. The van der Waals surface area contributed by atoms with Gasteiger partial charge in [-0.3, -0.25) is 9.97 Å². The molecule has 0 bridgehead atoms. The second-order valence-corrected chi connectivity index (χ2v) is 6.94. The highest BCUT2D eigenvalue weighted by Gasteiger charge is 2.16. The molecule has 0 atom stereocenters. The summed E-state index contributed by atoms with van der Waals surface area (Å²) in [6, 6.07) is 5.51. The van der Waals surface area contributed by atoms with Crippen LogP contribution in [0, 0.1) is 0 Å². The molecule has 1 N–H and O–H groups in total. The molecule has 1 amide bonds. The monoisotopic (exact) mass is 371 g/mol. The first-order valence-electron chi connectivity index (χ1n) is 8.79. The molecular weight excluding hydrogens is 346 g/mol. The van der Waals surface area contributed by atoms with Gasteiger partial charge in [-0.25, -0.2) is 9.59 Å². The highest BCUT2D eigenvalue weighted by atomic mass is 16.6. The van der Waals surface area contributed by atoms with E-state index in [2.05, 4.69) is 15.3 Å². The summed E-state index contributed by atoms with van der Waals surface area (Å²) >= 11 is 0. The third kappa shape index (κ3) is 6.69. The number of hydrogen-bond donors (Lipinski definition) is 1. The minimum atomic E-state index is -0.559. The predicted molar refractivity (Wildman–Crippen MR) is 100 cm³/mol. The fraction of sp³-hybridized carbons (Fsp3) is 0.400. The highest BCUT2D eigenvalue weighted by molar-refractivity contribution is 5.89. The zero-order valence-corrected chi connectivity index (χ0v) is 16.1. The number of ether oxygens (including phenoxy) is 2. The van der Waals surface area contributed by atoms with Crippen molar-refractivity contribution in [3.63, 3.8) is 0 Å². The van der Waals surface area contributed by atoms with E-state index in [1.54, 1.807) is 25.4 Å². The van der Waals surface area contributed by atoms with Gasteiger partial charge in [-0.05, 0) is 51.0 Å². The summed E-state index contributed by atoms with van der Waals surface area (Å²) in [6.45, 7) is 7.74. The van der Waals surface area contributed by atoms with Gasteiger partial charge < -0.3 is 14.8 Å². The number of carbonyl (C=O) groups is 2. The minimum Gasteiger partial charge on any atom is -0.462 e. The smallest absolute Gasteiger partial charge is 0.407 e. The van der Waals surface area contributed by atoms with Gasteiger partial charge in [0.05, 0.1) is 24.4 Å². The molecular formula is C20H25N3O4. The molecule has 0 fully saturated rings. The molecule has 7 heteroatoms. The lowest BCUT2D eigenvalue weighted by molar-refractivity contribution is 0.0513. The van der Waals surface area contributed by atoms with Crippen LogP contribution >= 0.6 is 0 Å². The first-order chi connectivity index (χ1) is 12.8. The molecule has 0 saturated heterocycles. The summed E-state index contributed by atoms with van der Waals surface area (Å²) in [6.07, 6.45) is 4.88. The van der Waals surface area contributed by atoms with Crippen LogP contribution in [0.3, 0.4) is 0 Å². The lowest BCUT2D eigenvalue weighted by Crippen LogP contribution is -2.32. The van der Waals surface area contributed by atoms with Gasteiger partial charge in [-0.15, -0.1) is 0 Å². The maximum absolute atomic E-state index is 11.9. The Labute approximate surface area is 159 Å². The van der Waals surface area contributed by atoms with Crippen LogP contribution in [0.4, 0.5) is 4.79 Å². The lowest BCUT2D eigenvalue weighted by atomic mass is 10.0. The first-order valence-corrected chi connectivity index (χ1v) is 8.79. The van der Waals surface area contributed by atoms with Gasteiger partial charge in [-0.1, -0.05) is 6.07 Å². The Bertz CT molecular complexity index is 800. The van der Waals surface area contributed by atoms with E-state index in [9.17, 15) is 9.59 Å². The zero-order chi connectivity index (χ0) is 19.9. The molecule has 0 saturated carbocycles. The number of esters is 1. The van der Waals surface area contributed by atoms with Gasteiger partial charge >= 0.3 is 12.1 Å². The topological polar surface area (TPSA) is 90.4 Å². The van der Waals surface area contributed by atoms with Crippen LogP contribution in [0.1, 0.15) is 54.9 Å². The number of carbonyl (C=O) groups excluding carboxylic acids is 2. The third-order valence-electron chi connectivity index (χ3n) is 3.48. The van der Waals surface area contributed by atoms with E-state index in [-0.39, 0.29) is 6.54 Å². The van der Waals surface area contributed by atoms with Crippen LogP contribution in [-0.2, 0) is 22.4 Å². The number of rotatable bonds is 6. The Hall–Kier alpha value is -2.96. The molecule has 0 aliphatic heterocycles. The maximum Gasteiger partial charge on any atom is 0.407 e. The van der Waals surface area contributed by atoms with Gasteiger partial charge in [0.1, 0.15) is 5.60 Å². The van der Waals surface area contributed by atoms with Crippen LogP contribution in [-0.4, -0.2) is 34.2 Å². The zero-order valence-electron chi connectivity index (χ0n) is 16.1. The van der Waals surface area contributed by atoms with Crippen LogP contribution in [0.5, 0.6) is 0 Å². The molecule has 0 aliphatic carbocycles. The number of pyridine rings is 2. The summed E-state index contributed by atoms with van der Waals surface area (Å²) in [5.41, 5.74) is 2.36. The normalized spacial score (nSPS) is 11.0. The number of amides is 1. The van der Waals surface area contributed by atoms with Gasteiger partial charge in [0.15, 0.2) is 0 Å². The van der Waals surface area contributed by atoms with Crippen LogP contribution in [0.2, 0.25) is 0 Å². The van der Waals surface area contributed by atoms with Crippen molar-refractivity contribution in [1.29, 1.82) is 0 Å². The predicted octanol–water partition coefficient (Wildman–Crippen LogP) is 3.27. The van der Waals surface area contributed by atoms with Gasteiger partial charge in [-0.2, -0.15) is 0 Å². The Morgan fingerprint density at radius 3 is 2.70 bits per heavy atom. The van der Waals surface area contributed by atoms with Crippen molar-refractivity contribution in [2.45, 2.75) is 46.3 Å². The molecule has 0 aliphatic rings. The van der Waals surface area contributed by atoms with Gasteiger partial charge in [0.2, 0.25) is 0 Å². The second-order valence-electron chi connectivity index (χ2n) is 6.94. The minimum absolute atomic E-state index is 0.246. The fourth-order valence-corrected chi connectivity index (χ4v) is 2.39. The third-order valence-corrected chi connectivity index (χ3v) is 3.48. The largest absolute Gasteiger partial charge is 0.462 e. The van der Waals surface area contributed by atoms with E-state index in [1.807, 2.05) is 32.9 Å². The molecule has 27 heavy (non-hydrogen) atoms. The maximum atomic E-state index is 11.9. The molecule has 2 aromatic heterocycles. The standard InChI is InChI=1S/C20H25N3O4/c1-5-26-18(24)16-10-14(11-21-12-16)9-15-7-6-8-22-17(15)13-23-19(25)27-20(2,3)4/h6-8,10-12H,5,9,13H2,1-4H3,(H,23,25). The Kier molecular flexibility index (Phi) is 6.87. The SMILES string of the molecule is CCOC(=O)c1cncc(Cc2cccnc2CNC(=O)OC(C)(C)C)c1. The quantitative estimate of drug-likeness (QED) is 0.784. The van der Waals surface area contributed by atoms with Crippen molar-refractivity contribution in [2.24, 2.45) is 0 Å². The molecule has 0 spiro atoms. The average Bonchev–Trinajstić information content (AvgIpc) is 2.60. The molecule has 7 nitrogen and oxygen atoms in total. The van der Waals surface area contributed by atoms with Crippen molar-refractivity contribution in [2.75, 3.05) is 6.61 Å². The van der Waals surface area contributed by atoms with E-state index < -0.39 is 17.7 Å². The van der Waals surface area contributed by atoms with Crippen molar-refractivity contribution < 1.29 is 19.1 Å². The number of nitrogens with one attached hydrogen (secondary N) is 1. The number of alkyl carbamates (subject to hydrolysis) is 1. The number of nitrogens with zero attached hydrogens (tertiary/aromatic N) is 2. The van der Waals surface area contributed by atoms with Crippen molar-refractivity contribution >= 4 is 12.1 Å². The van der Waals surface area contributed by atoms with Gasteiger partial charge in [0, 0.05) is 25.0 Å². The highest BCUT2D eigenvalue weighted by Crippen LogP contribution is 2.14. The summed E-state index contributed by atoms with van der Waals surface area (Å²) in [7, 11) is 0. The fourth-order valence-electron chi connectivity index (χ4n) is 2.39. The van der Waals surface area contributed by atoms with E-state index in [1.165, 1.54) is 6.20 Å². The van der Waals surface area contributed by atoms with Crippen molar-refractivity contribution in [3.8, 4) is 0 Å². The number of aromatic nitrogens is 2. The Morgan fingerprint density at radius 2 is 2.00 bits per heavy atom. The Morgan fingerprint density at radius 1 is 1.22 bits per heavy atom. The van der Waals surface area contributed by atoms with E-state index in [4.69, 9.17) is 9.47 Å². The summed E-state index contributed by atoms with van der Waals surface area (Å²) in [4.78, 5) is 32.2. The van der Waals surface area contributed by atoms with Crippen molar-refractivity contribution in [3.05, 3.63) is 59.2 Å². The van der Waals surface area contributed by atoms with Gasteiger partial charge in [0.25, 0.3) is 0 Å². The van der Waals surface area contributed by atoms with E-state index in [0.717, 1.165) is 16.8 Å². The molecule has 2 aromatic rings. The average molecular weight is 371 g/mol.